The van der Waals surface area contributed by atoms with Crippen molar-refractivity contribution in [2.75, 3.05) is 12.8 Å². The van der Waals surface area contributed by atoms with Gasteiger partial charge in [-0.1, -0.05) is 239 Å². The van der Waals surface area contributed by atoms with Crippen LogP contribution in [0.4, 0.5) is 0 Å². The van der Waals surface area contributed by atoms with Crippen molar-refractivity contribution in [3.8, 4) is 0 Å². The Kier molecular flexibility index (Phi) is 38.7. The first-order valence-corrected chi connectivity index (χ1v) is 22.8. The summed E-state index contributed by atoms with van der Waals surface area (Å²) in [5.74, 6) is 0. The van der Waals surface area contributed by atoms with Gasteiger partial charge in [-0.25, -0.2) is 0 Å². The molecule has 0 fully saturated rings. The second kappa shape index (κ2) is 38.6. The van der Waals surface area contributed by atoms with E-state index in [1.165, 1.54) is 212 Å². The van der Waals surface area contributed by atoms with E-state index in [2.05, 4.69) is 13.8 Å². The van der Waals surface area contributed by atoms with Gasteiger partial charge in [-0.3, -0.25) is 4.57 Å². The predicted octanol–water partition coefficient (Wildman–Crippen LogP) is 15.7. The average molecular weight is 657 g/mol. The van der Waals surface area contributed by atoms with Gasteiger partial charge >= 0.3 is 7.60 Å². The second-order valence-electron chi connectivity index (χ2n) is 14.6. The first-order chi connectivity index (χ1) is 22.1. The highest BCUT2D eigenvalue weighted by Crippen LogP contribution is 2.43. The predicted molar refractivity (Wildman–Crippen MR) is 203 cm³/mol. The van der Waals surface area contributed by atoms with Gasteiger partial charge in [-0.05, 0) is 12.8 Å². The smallest absolute Gasteiger partial charge is 0.324 e. The summed E-state index contributed by atoms with van der Waals surface area (Å²) in [5, 5.41) is 0. The Morgan fingerprint density at radius 1 is 0.333 bits per heavy atom. The number of hydrogen-bond acceptors (Lipinski definition) is 2. The molecule has 0 radical (unpaired) electrons. The lowest BCUT2D eigenvalue weighted by atomic mass is 10.0. The van der Waals surface area contributed by atoms with E-state index in [-0.39, 0.29) is 0 Å². The van der Waals surface area contributed by atoms with Gasteiger partial charge in [-0.2, -0.15) is 0 Å². The molecular weight excluding hydrogens is 571 g/mol. The van der Waals surface area contributed by atoms with Crippen molar-refractivity contribution in [2.45, 2.75) is 251 Å². The third-order valence-electron chi connectivity index (χ3n) is 9.84. The molecule has 1 atom stereocenters. The molecule has 0 aliphatic heterocycles. The van der Waals surface area contributed by atoms with E-state index in [9.17, 15) is 9.46 Å². The first-order valence-electron chi connectivity index (χ1n) is 21.1. The van der Waals surface area contributed by atoms with Crippen molar-refractivity contribution in [1.82, 2.24) is 0 Å². The normalized spacial score (nSPS) is 13.0. The lowest BCUT2D eigenvalue weighted by Crippen LogP contribution is -1.97. The molecule has 1 N–H and O–H groups in total. The molecule has 0 aliphatic carbocycles. The van der Waals surface area contributed by atoms with Crippen molar-refractivity contribution in [1.29, 1.82) is 0 Å². The molecule has 0 saturated heterocycles. The summed E-state index contributed by atoms with van der Waals surface area (Å²) in [5.41, 5.74) is 0. The number of rotatable bonds is 40. The Morgan fingerprint density at radius 3 is 0.778 bits per heavy atom. The van der Waals surface area contributed by atoms with E-state index in [1.807, 2.05) is 0 Å². The van der Waals surface area contributed by atoms with Crippen LogP contribution in [0, 0.1) is 0 Å². The highest BCUT2D eigenvalue weighted by Gasteiger charge is 2.17. The quantitative estimate of drug-likeness (QED) is 0.0527. The maximum atomic E-state index is 12.1. The van der Waals surface area contributed by atoms with Crippen molar-refractivity contribution < 1.29 is 14.0 Å². The third kappa shape index (κ3) is 40.2. The average Bonchev–Trinajstić information content (AvgIpc) is 3.03. The van der Waals surface area contributed by atoms with Crippen LogP contribution in [-0.4, -0.2) is 17.7 Å². The van der Waals surface area contributed by atoms with Crippen molar-refractivity contribution in [2.24, 2.45) is 0 Å². The Labute approximate surface area is 285 Å². The highest BCUT2D eigenvalue weighted by molar-refractivity contribution is 7.52. The molecule has 0 aromatic heterocycles. The fourth-order valence-corrected chi connectivity index (χ4v) is 7.83. The Morgan fingerprint density at radius 2 is 0.533 bits per heavy atom. The molecule has 4 heteroatoms. The van der Waals surface area contributed by atoms with E-state index in [4.69, 9.17) is 4.52 Å². The molecule has 0 rings (SSSR count). The van der Waals surface area contributed by atoms with Crippen LogP contribution in [0.2, 0.25) is 0 Å². The minimum absolute atomic E-state index is 0.336. The van der Waals surface area contributed by atoms with Gasteiger partial charge in [0.25, 0.3) is 0 Å². The lowest BCUT2D eigenvalue weighted by molar-refractivity contribution is 0.252. The maximum Gasteiger partial charge on any atom is 0.328 e. The topological polar surface area (TPSA) is 46.5 Å². The molecule has 0 aromatic carbocycles. The summed E-state index contributed by atoms with van der Waals surface area (Å²) in [6.45, 7) is 4.96. The molecule has 272 valence electrons. The van der Waals surface area contributed by atoms with Gasteiger partial charge in [0.05, 0.1) is 6.61 Å². The largest absolute Gasteiger partial charge is 0.328 e. The zero-order chi connectivity index (χ0) is 32.8. The summed E-state index contributed by atoms with van der Waals surface area (Å²) in [7, 11) is -3.36. The van der Waals surface area contributed by atoms with E-state index in [0.717, 1.165) is 25.7 Å². The van der Waals surface area contributed by atoms with Gasteiger partial charge < -0.3 is 9.42 Å². The molecule has 0 aliphatic rings. The fraction of sp³-hybridized carbons (Fsp3) is 1.00. The van der Waals surface area contributed by atoms with E-state index >= 15 is 0 Å². The Hall–Kier alpha value is 0.150. The molecule has 0 amide bonds. The van der Waals surface area contributed by atoms with E-state index in [1.54, 1.807) is 0 Å². The first kappa shape index (κ1) is 45.2. The zero-order valence-electron chi connectivity index (χ0n) is 31.3. The van der Waals surface area contributed by atoms with E-state index in [0.29, 0.717) is 12.8 Å². The molecule has 0 bridgehead atoms. The standard InChI is InChI=1S/C41H85O3P/c1-3-5-7-9-11-12-13-14-15-16-17-18-19-20-21-22-23-24-25-26-27-28-29-30-31-32-33-34-35-37-39-41-45(42,43)44-40-38-36-10-8-6-4-2/h3-41H2,1-2H3,(H,42,43). The van der Waals surface area contributed by atoms with Crippen molar-refractivity contribution in [3.05, 3.63) is 0 Å². The zero-order valence-corrected chi connectivity index (χ0v) is 32.2. The summed E-state index contributed by atoms with van der Waals surface area (Å²) >= 11 is 0. The van der Waals surface area contributed by atoms with Gasteiger partial charge in [-0.15, -0.1) is 0 Å². The van der Waals surface area contributed by atoms with Crippen LogP contribution in [0.3, 0.4) is 0 Å². The third-order valence-corrected chi connectivity index (χ3v) is 11.3. The van der Waals surface area contributed by atoms with Crippen LogP contribution in [0.15, 0.2) is 0 Å². The molecule has 1 unspecified atom stereocenters. The summed E-state index contributed by atoms with van der Waals surface area (Å²) in [6.07, 6.45) is 50.7. The Bertz CT molecular complexity index is 581. The minimum Gasteiger partial charge on any atom is -0.324 e. The van der Waals surface area contributed by atoms with Gasteiger partial charge in [0.1, 0.15) is 0 Å². The lowest BCUT2D eigenvalue weighted by Gasteiger charge is -2.12. The minimum atomic E-state index is -3.36. The maximum absolute atomic E-state index is 12.1. The Balaban J connectivity index is 3.16. The molecule has 0 spiro atoms. The van der Waals surface area contributed by atoms with Crippen molar-refractivity contribution in [3.63, 3.8) is 0 Å². The van der Waals surface area contributed by atoms with Gasteiger partial charge in [0.2, 0.25) is 0 Å². The van der Waals surface area contributed by atoms with Crippen LogP contribution in [-0.2, 0) is 9.09 Å². The second-order valence-corrected chi connectivity index (χ2v) is 16.5. The summed E-state index contributed by atoms with van der Waals surface area (Å²) in [4.78, 5) is 10.00. The molecular formula is C41H85O3P. The van der Waals surface area contributed by atoms with Gasteiger partial charge in [0, 0.05) is 6.16 Å². The SMILES string of the molecule is CCCCCCCCCCCCCCCCCCCCCCCCCCCCCCCCCP(=O)(O)OCCCCCCCC. The highest BCUT2D eigenvalue weighted by atomic mass is 31.2. The van der Waals surface area contributed by atoms with Gasteiger partial charge in [0.15, 0.2) is 0 Å². The van der Waals surface area contributed by atoms with Crippen LogP contribution in [0.1, 0.15) is 251 Å². The number of unbranched alkanes of at least 4 members (excludes halogenated alkanes) is 35. The molecule has 0 aromatic rings. The summed E-state index contributed by atoms with van der Waals surface area (Å²) < 4.78 is 17.5. The summed E-state index contributed by atoms with van der Waals surface area (Å²) in [6, 6.07) is 0. The van der Waals surface area contributed by atoms with Crippen molar-refractivity contribution >= 4 is 7.60 Å². The molecule has 3 nitrogen and oxygen atoms in total. The number of hydrogen-bond donors (Lipinski definition) is 1. The molecule has 0 saturated carbocycles. The fourth-order valence-electron chi connectivity index (χ4n) is 6.67. The van der Waals surface area contributed by atoms with Crippen LogP contribution in [0.5, 0.6) is 0 Å². The monoisotopic (exact) mass is 657 g/mol. The van der Waals surface area contributed by atoms with Crippen LogP contribution >= 0.6 is 7.60 Å². The van der Waals surface area contributed by atoms with Crippen LogP contribution in [0.25, 0.3) is 0 Å². The molecule has 45 heavy (non-hydrogen) atoms. The molecule has 0 heterocycles. The van der Waals surface area contributed by atoms with E-state index < -0.39 is 7.60 Å². The van der Waals surface area contributed by atoms with Crippen LogP contribution < -0.4 is 0 Å².